The van der Waals surface area contributed by atoms with Crippen LogP contribution in [0, 0.1) is 0 Å². The summed E-state index contributed by atoms with van der Waals surface area (Å²) in [6.45, 7) is 4.63. The Bertz CT molecular complexity index is 1670. The molecule has 0 radical (unpaired) electrons. The molecule has 2 atom stereocenters. The van der Waals surface area contributed by atoms with Gasteiger partial charge in [0.05, 0.1) is 34.4 Å². The molecule has 9 heteroatoms. The van der Waals surface area contributed by atoms with Crippen molar-refractivity contribution in [3.8, 4) is 0 Å². The van der Waals surface area contributed by atoms with Crippen molar-refractivity contribution < 1.29 is 42.9 Å². The van der Waals surface area contributed by atoms with Crippen LogP contribution in [0.25, 0.3) is 0 Å². The van der Waals surface area contributed by atoms with Gasteiger partial charge in [-0.3, -0.25) is 9.59 Å². The van der Waals surface area contributed by atoms with Crippen LogP contribution < -0.4 is 0 Å². The molecule has 0 fully saturated rings. The molecule has 0 saturated carbocycles. The fourth-order valence-electron chi connectivity index (χ4n) is 8.07. The van der Waals surface area contributed by atoms with Gasteiger partial charge >= 0.3 is 17.9 Å². The Kier molecular flexibility index (Phi) is 54.6. The summed E-state index contributed by atoms with van der Waals surface area (Å²) in [7, 11) is 5.96. The summed E-state index contributed by atoms with van der Waals surface area (Å²) in [6.07, 6.45) is 78.5. The van der Waals surface area contributed by atoms with E-state index in [-0.39, 0.29) is 38.6 Å². The number of hydrogen-bond acceptors (Lipinski definition) is 7. The normalized spacial score (nSPS) is 13.6. The number of hydrogen-bond donors (Lipinski definition) is 1. The average molecular weight is 1070 g/mol. The third-order valence-corrected chi connectivity index (χ3v) is 12.7. The fourth-order valence-corrected chi connectivity index (χ4v) is 8.07. The van der Waals surface area contributed by atoms with E-state index in [0.717, 1.165) is 116 Å². The molecule has 0 aliphatic heterocycles. The highest BCUT2D eigenvalue weighted by Crippen LogP contribution is 2.16. The Hall–Kier alpha value is -4.31. The molecule has 77 heavy (non-hydrogen) atoms. The Labute approximate surface area is 472 Å². The van der Waals surface area contributed by atoms with Crippen molar-refractivity contribution in [2.45, 2.75) is 245 Å². The number of allylic oxidation sites excluding steroid dienone is 20. The SMILES string of the molecule is CC/C=C\C/C=C\C/C=C\C/C=C\C/C=C\CCCCCCCCCCCCCCCC(=O)OC(COC(=O)CCCCCCCCC/C=C\C/C=C\C/C=C\C/C=C\C/C=C\CC)COC(OCC[N+](C)(C)C)C(=O)O. The van der Waals surface area contributed by atoms with Gasteiger partial charge in [0.25, 0.3) is 6.29 Å². The lowest BCUT2D eigenvalue weighted by atomic mass is 10.0. The highest BCUT2D eigenvalue weighted by Gasteiger charge is 2.25. The summed E-state index contributed by atoms with van der Waals surface area (Å²) in [5.41, 5.74) is 0. The van der Waals surface area contributed by atoms with Crippen LogP contribution >= 0.6 is 0 Å². The van der Waals surface area contributed by atoms with E-state index < -0.39 is 24.3 Å². The number of quaternary nitrogens is 1. The largest absolute Gasteiger partial charge is 0.477 e. The second-order valence-electron chi connectivity index (χ2n) is 21.2. The summed E-state index contributed by atoms with van der Waals surface area (Å²) < 4.78 is 22.9. The number of carboxylic acids is 1. The van der Waals surface area contributed by atoms with Crippen LogP contribution in [0.5, 0.6) is 0 Å². The predicted molar refractivity (Wildman–Crippen MR) is 327 cm³/mol. The Morgan fingerprint density at radius 3 is 1.04 bits per heavy atom. The van der Waals surface area contributed by atoms with Crippen LogP contribution in [0.4, 0.5) is 0 Å². The topological polar surface area (TPSA) is 108 Å². The fraction of sp³-hybridized carbons (Fsp3) is 0.662. The molecule has 0 aromatic rings. The number of ether oxygens (including phenoxy) is 4. The van der Waals surface area contributed by atoms with E-state index in [4.69, 9.17) is 18.9 Å². The quantitative estimate of drug-likeness (QED) is 0.0211. The minimum Gasteiger partial charge on any atom is -0.477 e. The summed E-state index contributed by atoms with van der Waals surface area (Å²) in [5.74, 6) is -2.03. The zero-order chi connectivity index (χ0) is 56.2. The molecule has 0 aliphatic rings. The third-order valence-electron chi connectivity index (χ3n) is 12.7. The molecule has 438 valence electrons. The number of carboxylic acid groups (broad SMARTS) is 1. The molecule has 0 rings (SSSR count). The lowest BCUT2D eigenvalue weighted by Crippen LogP contribution is -2.40. The lowest BCUT2D eigenvalue weighted by molar-refractivity contribution is -0.870. The summed E-state index contributed by atoms with van der Waals surface area (Å²) >= 11 is 0. The zero-order valence-electron chi connectivity index (χ0n) is 49.8. The van der Waals surface area contributed by atoms with Gasteiger partial charge in [-0.25, -0.2) is 4.79 Å². The highest BCUT2D eigenvalue weighted by molar-refractivity contribution is 5.71. The van der Waals surface area contributed by atoms with E-state index >= 15 is 0 Å². The monoisotopic (exact) mass is 1070 g/mol. The van der Waals surface area contributed by atoms with Gasteiger partial charge in [-0.15, -0.1) is 0 Å². The molecule has 2 unspecified atom stereocenters. The van der Waals surface area contributed by atoms with Crippen LogP contribution in [-0.2, 0) is 33.3 Å². The van der Waals surface area contributed by atoms with Crippen molar-refractivity contribution in [2.24, 2.45) is 0 Å². The van der Waals surface area contributed by atoms with E-state index in [1.807, 2.05) is 21.1 Å². The number of likely N-dealkylation sites (N-methyl/N-ethyl adjacent to an activating group) is 1. The van der Waals surface area contributed by atoms with Crippen molar-refractivity contribution >= 4 is 17.9 Å². The molecule has 0 aliphatic carbocycles. The minimum atomic E-state index is -1.52. The van der Waals surface area contributed by atoms with E-state index in [2.05, 4.69) is 135 Å². The van der Waals surface area contributed by atoms with Crippen molar-refractivity contribution in [1.82, 2.24) is 0 Å². The zero-order valence-corrected chi connectivity index (χ0v) is 49.8. The van der Waals surface area contributed by atoms with Crippen molar-refractivity contribution in [3.63, 3.8) is 0 Å². The maximum absolute atomic E-state index is 12.9. The Morgan fingerprint density at radius 1 is 0.390 bits per heavy atom. The first-order valence-corrected chi connectivity index (χ1v) is 30.7. The standard InChI is InChI=1S/C68H113NO8/c1-6-8-10-12-14-16-18-20-22-24-26-28-30-31-32-33-34-35-37-39-41-43-45-47-49-51-53-55-57-59-66(71)77-64(63-76-68(67(72)73)74-61-60-69(3,4)5)62-75-65(70)58-56-54-52-50-48-46-44-42-40-38-36-29-27-25-23-21-19-17-15-13-11-9-7-2/h8-11,14-17,20-23,26-29,31-32,38,40,64,68H,6-7,12-13,18-19,24-25,30,33-37,39,41-63H2,1-5H3/p+1/b10-8-,11-9-,16-14-,17-15-,22-20-,23-21-,28-26-,29-27-,32-31-,40-38-. The van der Waals surface area contributed by atoms with Crippen molar-refractivity contribution in [1.29, 1.82) is 0 Å². The minimum absolute atomic E-state index is 0.179. The first-order valence-electron chi connectivity index (χ1n) is 30.7. The lowest BCUT2D eigenvalue weighted by Gasteiger charge is -2.25. The van der Waals surface area contributed by atoms with Gasteiger partial charge in [0.1, 0.15) is 13.2 Å². The third kappa shape index (κ3) is 59.2. The van der Waals surface area contributed by atoms with Gasteiger partial charge in [-0.1, -0.05) is 238 Å². The number of rotatable bonds is 55. The smallest absolute Gasteiger partial charge is 0.361 e. The summed E-state index contributed by atoms with van der Waals surface area (Å²) in [4.78, 5) is 37.5. The van der Waals surface area contributed by atoms with Crippen LogP contribution in [0.1, 0.15) is 232 Å². The second-order valence-corrected chi connectivity index (χ2v) is 21.2. The van der Waals surface area contributed by atoms with E-state index in [1.54, 1.807) is 0 Å². The first kappa shape index (κ1) is 72.7. The Balaban J connectivity index is 4.25. The van der Waals surface area contributed by atoms with Crippen LogP contribution in [0.2, 0.25) is 0 Å². The molecule has 0 amide bonds. The molecule has 0 heterocycles. The number of aliphatic carboxylic acids is 1. The van der Waals surface area contributed by atoms with Gasteiger partial charge in [0, 0.05) is 12.8 Å². The van der Waals surface area contributed by atoms with Gasteiger partial charge in [0.2, 0.25) is 0 Å². The first-order chi connectivity index (χ1) is 37.6. The molecule has 0 aromatic carbocycles. The molecule has 0 aromatic heterocycles. The van der Waals surface area contributed by atoms with Crippen molar-refractivity contribution in [2.75, 3.05) is 47.5 Å². The number of nitrogens with zero attached hydrogens (tertiary/aromatic N) is 1. The molecule has 0 saturated heterocycles. The van der Waals surface area contributed by atoms with E-state index in [9.17, 15) is 19.5 Å². The number of esters is 2. The second kappa shape index (κ2) is 57.9. The summed E-state index contributed by atoms with van der Waals surface area (Å²) in [5, 5.41) is 9.72. The highest BCUT2D eigenvalue weighted by atomic mass is 16.7. The summed E-state index contributed by atoms with van der Waals surface area (Å²) in [6, 6.07) is 0. The maximum Gasteiger partial charge on any atom is 0.361 e. The predicted octanol–water partition coefficient (Wildman–Crippen LogP) is 18.5. The van der Waals surface area contributed by atoms with Crippen LogP contribution in [0.3, 0.4) is 0 Å². The molecular formula is C68H114NO8+. The van der Waals surface area contributed by atoms with Crippen LogP contribution in [0.15, 0.2) is 122 Å². The van der Waals surface area contributed by atoms with Crippen LogP contribution in [-0.4, -0.2) is 87.4 Å². The average Bonchev–Trinajstić information content (AvgIpc) is 3.40. The van der Waals surface area contributed by atoms with E-state index in [0.29, 0.717) is 17.4 Å². The number of unbranched alkanes of at least 4 members (excludes halogenated alkanes) is 20. The maximum atomic E-state index is 12.9. The number of carbonyl (C=O) groups excluding carboxylic acids is 2. The van der Waals surface area contributed by atoms with Gasteiger partial charge < -0.3 is 28.5 Å². The van der Waals surface area contributed by atoms with E-state index in [1.165, 1.54) is 83.5 Å². The molecule has 9 nitrogen and oxygen atoms in total. The molecule has 1 N–H and O–H groups in total. The molecule has 0 spiro atoms. The number of carbonyl (C=O) groups is 3. The molecule has 0 bridgehead atoms. The molecular weight excluding hydrogens is 959 g/mol. The van der Waals surface area contributed by atoms with Gasteiger partial charge in [0.15, 0.2) is 6.10 Å². The van der Waals surface area contributed by atoms with Crippen molar-refractivity contribution in [3.05, 3.63) is 122 Å². The Morgan fingerprint density at radius 2 is 0.701 bits per heavy atom. The van der Waals surface area contributed by atoms with Gasteiger partial charge in [-0.2, -0.15) is 0 Å². The van der Waals surface area contributed by atoms with Gasteiger partial charge in [-0.05, 0) is 103 Å².